The average molecular weight is 205 g/mol. The summed E-state index contributed by atoms with van der Waals surface area (Å²) >= 11 is 0. The van der Waals surface area contributed by atoms with Crippen LogP contribution in [0.15, 0.2) is 24.3 Å². The Balaban J connectivity index is 1.66. The van der Waals surface area contributed by atoms with E-state index < -0.39 is 0 Å². The molecule has 2 nitrogen and oxygen atoms in total. The van der Waals surface area contributed by atoms with Crippen molar-refractivity contribution in [3.63, 3.8) is 0 Å². The highest BCUT2D eigenvalue weighted by molar-refractivity contribution is 5.31. The summed E-state index contributed by atoms with van der Waals surface area (Å²) in [6, 6.07) is 8.91. The second-order valence-corrected chi connectivity index (χ2v) is 4.20. The molecule has 0 amide bonds. The molecule has 2 rings (SSSR count). The van der Waals surface area contributed by atoms with Gasteiger partial charge in [0.25, 0.3) is 0 Å². The van der Waals surface area contributed by atoms with E-state index >= 15 is 0 Å². The minimum absolute atomic E-state index is 0.755. The van der Waals surface area contributed by atoms with Crippen LogP contribution < -0.4 is 10.1 Å². The summed E-state index contributed by atoms with van der Waals surface area (Å²) in [5, 5.41) is 3.48. The lowest BCUT2D eigenvalue weighted by Crippen LogP contribution is -2.37. The minimum Gasteiger partial charge on any atom is -0.492 e. The lowest BCUT2D eigenvalue weighted by Gasteiger charge is -2.26. The Kier molecular flexibility index (Phi) is 3.62. The largest absolute Gasteiger partial charge is 0.492 e. The van der Waals surface area contributed by atoms with E-state index in [2.05, 4.69) is 18.3 Å². The molecule has 2 heteroatoms. The monoisotopic (exact) mass is 205 g/mol. The van der Waals surface area contributed by atoms with Gasteiger partial charge in [0.05, 0.1) is 0 Å². The first-order valence-corrected chi connectivity index (χ1v) is 5.78. The van der Waals surface area contributed by atoms with Gasteiger partial charge in [-0.25, -0.2) is 0 Å². The lowest BCUT2D eigenvalue weighted by molar-refractivity contribution is 0.275. The smallest absolute Gasteiger partial charge is 0.122 e. The van der Waals surface area contributed by atoms with Gasteiger partial charge in [-0.05, 0) is 31.4 Å². The van der Waals surface area contributed by atoms with Crippen molar-refractivity contribution in [2.75, 3.05) is 13.2 Å². The van der Waals surface area contributed by atoms with Crippen LogP contribution in [0.5, 0.6) is 5.75 Å². The second kappa shape index (κ2) is 5.17. The van der Waals surface area contributed by atoms with Gasteiger partial charge in [-0.15, -0.1) is 0 Å². The average Bonchev–Trinajstić information content (AvgIpc) is 2.17. The predicted molar refractivity (Wildman–Crippen MR) is 62.3 cm³/mol. The fraction of sp³-hybridized carbons (Fsp3) is 0.538. The van der Waals surface area contributed by atoms with Crippen LogP contribution in [0.2, 0.25) is 0 Å². The number of hydrogen-bond acceptors (Lipinski definition) is 2. The summed E-state index contributed by atoms with van der Waals surface area (Å²) in [6.45, 7) is 3.80. The van der Waals surface area contributed by atoms with Crippen molar-refractivity contribution in [2.24, 2.45) is 0 Å². The molecular weight excluding hydrogens is 186 g/mol. The first kappa shape index (κ1) is 10.5. The van der Waals surface area contributed by atoms with Crippen LogP contribution >= 0.6 is 0 Å². The zero-order valence-electron chi connectivity index (χ0n) is 9.33. The molecule has 1 aliphatic carbocycles. The molecule has 1 aromatic carbocycles. The highest BCUT2D eigenvalue weighted by Crippen LogP contribution is 2.18. The van der Waals surface area contributed by atoms with E-state index in [9.17, 15) is 0 Å². The van der Waals surface area contributed by atoms with Crippen molar-refractivity contribution in [1.29, 1.82) is 0 Å². The van der Waals surface area contributed by atoms with Crippen molar-refractivity contribution in [3.8, 4) is 5.75 Å². The molecule has 1 aliphatic rings. The fourth-order valence-corrected chi connectivity index (χ4v) is 1.75. The molecule has 0 heterocycles. The van der Waals surface area contributed by atoms with E-state index in [4.69, 9.17) is 4.74 Å². The van der Waals surface area contributed by atoms with Crippen LogP contribution in [0.1, 0.15) is 24.8 Å². The summed E-state index contributed by atoms with van der Waals surface area (Å²) in [5.74, 6) is 1.01. The van der Waals surface area contributed by atoms with Gasteiger partial charge in [0.15, 0.2) is 0 Å². The zero-order chi connectivity index (χ0) is 10.5. The Morgan fingerprint density at radius 2 is 2.13 bits per heavy atom. The van der Waals surface area contributed by atoms with Gasteiger partial charge in [-0.2, -0.15) is 0 Å². The molecule has 0 unspecified atom stereocenters. The third-order valence-electron chi connectivity index (χ3n) is 2.99. The molecule has 1 N–H and O–H groups in total. The summed E-state index contributed by atoms with van der Waals surface area (Å²) in [6.07, 6.45) is 4.06. The summed E-state index contributed by atoms with van der Waals surface area (Å²) in [4.78, 5) is 0. The number of hydrogen-bond donors (Lipinski definition) is 1. The number of ether oxygens (including phenoxy) is 1. The van der Waals surface area contributed by atoms with Crippen LogP contribution in [-0.2, 0) is 0 Å². The van der Waals surface area contributed by atoms with Crippen molar-refractivity contribution in [1.82, 2.24) is 5.32 Å². The number of nitrogens with one attached hydrogen (secondary N) is 1. The highest BCUT2D eigenvalue weighted by atomic mass is 16.5. The van der Waals surface area contributed by atoms with Crippen molar-refractivity contribution >= 4 is 0 Å². The van der Waals surface area contributed by atoms with Gasteiger partial charge < -0.3 is 10.1 Å². The van der Waals surface area contributed by atoms with Crippen LogP contribution in [-0.4, -0.2) is 19.2 Å². The molecule has 1 saturated carbocycles. The van der Waals surface area contributed by atoms with Crippen LogP contribution in [0, 0.1) is 6.92 Å². The molecule has 0 spiro atoms. The minimum atomic E-state index is 0.755. The Morgan fingerprint density at radius 1 is 1.33 bits per heavy atom. The quantitative estimate of drug-likeness (QED) is 0.746. The molecule has 15 heavy (non-hydrogen) atoms. The van der Waals surface area contributed by atoms with E-state index in [1.165, 1.54) is 24.8 Å². The lowest BCUT2D eigenvalue weighted by atomic mass is 9.93. The van der Waals surface area contributed by atoms with E-state index in [1.54, 1.807) is 0 Å². The van der Waals surface area contributed by atoms with E-state index in [-0.39, 0.29) is 0 Å². The molecule has 1 fully saturated rings. The Morgan fingerprint density at radius 3 is 2.80 bits per heavy atom. The van der Waals surface area contributed by atoms with E-state index in [0.717, 1.165) is 24.9 Å². The Labute approximate surface area is 91.6 Å². The molecule has 0 saturated heterocycles. The Bertz CT molecular complexity index is 307. The van der Waals surface area contributed by atoms with Gasteiger partial charge in [-0.3, -0.25) is 0 Å². The second-order valence-electron chi connectivity index (χ2n) is 4.20. The van der Waals surface area contributed by atoms with Crippen LogP contribution in [0.4, 0.5) is 0 Å². The Hall–Kier alpha value is -1.02. The topological polar surface area (TPSA) is 21.3 Å². The van der Waals surface area contributed by atoms with Gasteiger partial charge in [0.2, 0.25) is 0 Å². The first-order valence-electron chi connectivity index (χ1n) is 5.78. The van der Waals surface area contributed by atoms with E-state index in [1.807, 2.05) is 18.2 Å². The maximum Gasteiger partial charge on any atom is 0.122 e. The fourth-order valence-electron chi connectivity index (χ4n) is 1.75. The number of aryl methyl sites for hydroxylation is 1. The molecule has 0 atom stereocenters. The van der Waals surface area contributed by atoms with Gasteiger partial charge in [0.1, 0.15) is 12.4 Å². The maximum atomic E-state index is 5.69. The number of benzene rings is 1. The molecule has 0 aromatic heterocycles. The standard InChI is InChI=1S/C13H19NO/c1-11-5-2-3-8-13(11)15-10-9-14-12-6-4-7-12/h2-3,5,8,12,14H,4,6-7,9-10H2,1H3. The van der Waals surface area contributed by atoms with Crippen molar-refractivity contribution in [2.45, 2.75) is 32.2 Å². The summed E-state index contributed by atoms with van der Waals surface area (Å²) in [5.41, 5.74) is 1.21. The molecule has 82 valence electrons. The highest BCUT2D eigenvalue weighted by Gasteiger charge is 2.15. The van der Waals surface area contributed by atoms with Crippen LogP contribution in [0.3, 0.4) is 0 Å². The number of para-hydroxylation sites is 1. The first-order chi connectivity index (χ1) is 7.36. The molecular formula is C13H19NO. The molecule has 1 aromatic rings. The molecule has 0 radical (unpaired) electrons. The van der Waals surface area contributed by atoms with Gasteiger partial charge >= 0.3 is 0 Å². The van der Waals surface area contributed by atoms with E-state index in [0.29, 0.717) is 0 Å². The maximum absolute atomic E-state index is 5.69. The normalized spacial score (nSPS) is 16.1. The molecule has 0 aliphatic heterocycles. The SMILES string of the molecule is Cc1ccccc1OCCNC1CCC1. The molecule has 0 bridgehead atoms. The van der Waals surface area contributed by atoms with Gasteiger partial charge in [-0.1, -0.05) is 24.6 Å². The predicted octanol–water partition coefficient (Wildman–Crippen LogP) is 2.52. The van der Waals surface area contributed by atoms with Gasteiger partial charge in [0, 0.05) is 12.6 Å². The zero-order valence-corrected chi connectivity index (χ0v) is 9.33. The third kappa shape index (κ3) is 2.96. The van der Waals surface area contributed by atoms with Crippen molar-refractivity contribution < 1.29 is 4.74 Å². The summed E-state index contributed by atoms with van der Waals surface area (Å²) in [7, 11) is 0. The van der Waals surface area contributed by atoms with Crippen LogP contribution in [0.25, 0.3) is 0 Å². The third-order valence-corrected chi connectivity index (χ3v) is 2.99. The van der Waals surface area contributed by atoms with Crippen molar-refractivity contribution in [3.05, 3.63) is 29.8 Å². The summed E-state index contributed by atoms with van der Waals surface area (Å²) < 4.78 is 5.69. The number of rotatable bonds is 5.